The van der Waals surface area contributed by atoms with Crippen LogP contribution in [0.1, 0.15) is 12.5 Å². The minimum Gasteiger partial charge on any atom is -0.328 e. The highest BCUT2D eigenvalue weighted by Crippen LogP contribution is 2.08. The van der Waals surface area contributed by atoms with E-state index in [1.165, 1.54) is 5.56 Å². The molecule has 0 saturated heterocycles. The maximum absolute atomic E-state index is 5.73. The molecule has 0 fully saturated rings. The molecule has 2 N–H and O–H groups in total. The van der Waals surface area contributed by atoms with Gasteiger partial charge in [0.05, 0.1) is 18.1 Å². The van der Waals surface area contributed by atoms with Crippen LogP contribution in [0.5, 0.6) is 0 Å². The smallest absolute Gasteiger partial charge is 0.0856 e. The van der Waals surface area contributed by atoms with Gasteiger partial charge in [-0.2, -0.15) is 15.0 Å². The average molecular weight is 202 g/mol. The molecule has 0 aliphatic rings. The Morgan fingerprint density at radius 2 is 1.80 bits per heavy atom. The Kier molecular flexibility index (Phi) is 2.78. The highest BCUT2D eigenvalue weighted by Gasteiger charge is 2.00. The monoisotopic (exact) mass is 202 g/mol. The maximum Gasteiger partial charge on any atom is 0.0856 e. The summed E-state index contributed by atoms with van der Waals surface area (Å²) in [6.45, 7) is 2.00. The van der Waals surface area contributed by atoms with Gasteiger partial charge >= 0.3 is 0 Å². The van der Waals surface area contributed by atoms with Crippen molar-refractivity contribution in [3.05, 3.63) is 42.2 Å². The van der Waals surface area contributed by atoms with Crippen molar-refractivity contribution in [3.63, 3.8) is 0 Å². The molecule has 1 heterocycles. The van der Waals surface area contributed by atoms with Crippen LogP contribution in [0.4, 0.5) is 0 Å². The first-order valence-corrected chi connectivity index (χ1v) is 4.97. The van der Waals surface area contributed by atoms with E-state index in [9.17, 15) is 0 Å². The van der Waals surface area contributed by atoms with Gasteiger partial charge in [0.25, 0.3) is 0 Å². The molecule has 4 heteroatoms. The van der Waals surface area contributed by atoms with Gasteiger partial charge < -0.3 is 5.73 Å². The number of hydrogen-bond donors (Lipinski definition) is 1. The Labute approximate surface area is 88.7 Å². The number of nitrogens with two attached hydrogens (primary N) is 1. The van der Waals surface area contributed by atoms with E-state index >= 15 is 0 Å². The van der Waals surface area contributed by atoms with Crippen LogP contribution >= 0.6 is 0 Å². The maximum atomic E-state index is 5.73. The zero-order valence-corrected chi connectivity index (χ0v) is 8.67. The minimum atomic E-state index is 0.193. The zero-order chi connectivity index (χ0) is 10.7. The van der Waals surface area contributed by atoms with Gasteiger partial charge in [0.15, 0.2) is 0 Å². The zero-order valence-electron chi connectivity index (χ0n) is 8.67. The van der Waals surface area contributed by atoms with Crippen LogP contribution in [0, 0.1) is 0 Å². The summed E-state index contributed by atoms with van der Waals surface area (Å²) in [5, 5.41) is 8.12. The third-order valence-electron chi connectivity index (χ3n) is 2.14. The number of benzene rings is 1. The van der Waals surface area contributed by atoms with E-state index < -0.39 is 0 Å². The molecule has 2 aromatic rings. The molecule has 1 atom stereocenters. The lowest BCUT2D eigenvalue weighted by molar-refractivity contribution is 0.733. The van der Waals surface area contributed by atoms with Crippen molar-refractivity contribution in [2.45, 2.75) is 19.4 Å². The molecule has 4 nitrogen and oxygen atoms in total. The number of hydrogen-bond acceptors (Lipinski definition) is 3. The largest absolute Gasteiger partial charge is 0.328 e. The van der Waals surface area contributed by atoms with Crippen LogP contribution in [-0.2, 0) is 6.42 Å². The third kappa shape index (κ3) is 2.41. The predicted molar refractivity (Wildman–Crippen MR) is 58.7 cm³/mol. The Balaban J connectivity index is 2.17. The van der Waals surface area contributed by atoms with Crippen LogP contribution in [0.25, 0.3) is 5.69 Å². The molecular formula is C11H14N4. The number of nitrogens with zero attached hydrogens (tertiary/aromatic N) is 3. The molecule has 15 heavy (non-hydrogen) atoms. The van der Waals surface area contributed by atoms with Gasteiger partial charge in [-0.25, -0.2) is 0 Å². The van der Waals surface area contributed by atoms with Crippen molar-refractivity contribution in [2.24, 2.45) is 5.73 Å². The first kappa shape index (κ1) is 9.86. The van der Waals surface area contributed by atoms with Gasteiger partial charge in [-0.1, -0.05) is 12.1 Å². The second-order valence-electron chi connectivity index (χ2n) is 3.67. The van der Waals surface area contributed by atoms with E-state index in [1.54, 1.807) is 17.2 Å². The Hall–Kier alpha value is -1.68. The van der Waals surface area contributed by atoms with E-state index in [1.807, 2.05) is 19.1 Å². The molecule has 0 bridgehead atoms. The van der Waals surface area contributed by atoms with Crippen molar-refractivity contribution >= 4 is 0 Å². The number of rotatable bonds is 3. The Bertz CT molecular complexity index is 403. The molecule has 1 unspecified atom stereocenters. The Morgan fingerprint density at radius 1 is 1.20 bits per heavy atom. The third-order valence-corrected chi connectivity index (χ3v) is 2.14. The summed E-state index contributed by atoms with van der Waals surface area (Å²) < 4.78 is 0. The van der Waals surface area contributed by atoms with Crippen molar-refractivity contribution in [2.75, 3.05) is 0 Å². The van der Waals surface area contributed by atoms with E-state index in [0.29, 0.717) is 0 Å². The highest BCUT2D eigenvalue weighted by atomic mass is 15.5. The van der Waals surface area contributed by atoms with Crippen molar-refractivity contribution in [1.82, 2.24) is 15.0 Å². The standard InChI is InChI=1S/C11H14N4/c1-9(12)8-10-2-4-11(5-3-10)15-13-6-7-14-15/h2-7,9H,8,12H2,1H3. The summed E-state index contributed by atoms with van der Waals surface area (Å²) in [5.74, 6) is 0. The van der Waals surface area contributed by atoms with Crippen LogP contribution in [0.15, 0.2) is 36.7 Å². The lowest BCUT2D eigenvalue weighted by Gasteiger charge is -2.05. The van der Waals surface area contributed by atoms with E-state index in [2.05, 4.69) is 22.3 Å². The molecule has 0 radical (unpaired) electrons. The molecular weight excluding hydrogens is 188 g/mol. The summed E-state index contributed by atoms with van der Waals surface area (Å²) in [7, 11) is 0. The summed E-state index contributed by atoms with van der Waals surface area (Å²) in [6, 6.07) is 8.30. The predicted octanol–water partition coefficient (Wildman–Crippen LogP) is 1.16. The van der Waals surface area contributed by atoms with Crippen molar-refractivity contribution in [3.8, 4) is 5.69 Å². The topological polar surface area (TPSA) is 56.7 Å². The summed E-state index contributed by atoms with van der Waals surface area (Å²) in [5.41, 5.74) is 7.93. The molecule has 78 valence electrons. The van der Waals surface area contributed by atoms with Crippen molar-refractivity contribution < 1.29 is 0 Å². The lowest BCUT2D eigenvalue weighted by Crippen LogP contribution is -2.17. The average Bonchev–Trinajstić information content (AvgIpc) is 2.71. The van der Waals surface area contributed by atoms with E-state index in [4.69, 9.17) is 5.73 Å². The van der Waals surface area contributed by atoms with Crippen LogP contribution < -0.4 is 5.73 Å². The second kappa shape index (κ2) is 4.23. The van der Waals surface area contributed by atoms with Gasteiger partial charge in [0, 0.05) is 6.04 Å². The quantitative estimate of drug-likeness (QED) is 0.812. The molecule has 0 spiro atoms. The molecule has 0 amide bonds. The fourth-order valence-corrected chi connectivity index (χ4v) is 1.49. The molecule has 0 aliphatic carbocycles. The highest BCUT2D eigenvalue weighted by molar-refractivity contribution is 5.32. The molecule has 0 aliphatic heterocycles. The second-order valence-corrected chi connectivity index (χ2v) is 3.67. The Morgan fingerprint density at radius 3 is 2.33 bits per heavy atom. The first-order valence-electron chi connectivity index (χ1n) is 4.97. The fraction of sp³-hybridized carbons (Fsp3) is 0.273. The normalized spacial score (nSPS) is 12.7. The molecule has 0 saturated carbocycles. The van der Waals surface area contributed by atoms with Gasteiger partial charge in [-0.15, -0.1) is 0 Å². The van der Waals surface area contributed by atoms with Gasteiger partial charge in [-0.3, -0.25) is 0 Å². The van der Waals surface area contributed by atoms with E-state index in [0.717, 1.165) is 12.1 Å². The summed E-state index contributed by atoms with van der Waals surface area (Å²) in [6.07, 6.45) is 4.22. The SMILES string of the molecule is CC(N)Cc1ccc(-n2nccn2)cc1. The van der Waals surface area contributed by atoms with Crippen LogP contribution in [0.2, 0.25) is 0 Å². The van der Waals surface area contributed by atoms with E-state index in [-0.39, 0.29) is 6.04 Å². The van der Waals surface area contributed by atoms with Gasteiger partial charge in [-0.05, 0) is 31.0 Å². The van der Waals surface area contributed by atoms with Crippen LogP contribution in [0.3, 0.4) is 0 Å². The van der Waals surface area contributed by atoms with Crippen molar-refractivity contribution in [1.29, 1.82) is 0 Å². The van der Waals surface area contributed by atoms with Crippen LogP contribution in [-0.4, -0.2) is 21.0 Å². The minimum absolute atomic E-state index is 0.193. The summed E-state index contributed by atoms with van der Waals surface area (Å²) >= 11 is 0. The first-order chi connectivity index (χ1) is 7.25. The summed E-state index contributed by atoms with van der Waals surface area (Å²) in [4.78, 5) is 1.59. The lowest BCUT2D eigenvalue weighted by atomic mass is 10.1. The van der Waals surface area contributed by atoms with Gasteiger partial charge in [0.1, 0.15) is 0 Å². The molecule has 2 rings (SSSR count). The van der Waals surface area contributed by atoms with Gasteiger partial charge in [0.2, 0.25) is 0 Å². The molecule has 1 aromatic heterocycles. The number of aromatic nitrogens is 3. The molecule has 1 aromatic carbocycles. The fourth-order valence-electron chi connectivity index (χ4n) is 1.49.